The molecule has 0 spiro atoms. The van der Waals surface area contributed by atoms with Crippen LogP contribution in [0, 0.1) is 13.8 Å². The lowest BCUT2D eigenvalue weighted by Crippen LogP contribution is -2.26. The van der Waals surface area contributed by atoms with Gasteiger partial charge >= 0.3 is 0 Å². The van der Waals surface area contributed by atoms with Gasteiger partial charge in [0.05, 0.1) is 6.26 Å². The van der Waals surface area contributed by atoms with Crippen molar-refractivity contribution < 1.29 is 17.4 Å². The van der Waals surface area contributed by atoms with Gasteiger partial charge in [0.2, 0.25) is 10.0 Å². The average molecular weight is 284 g/mol. The molecule has 2 rings (SSSR count). The standard InChI is InChI=1S/C12H16N2O4S/c1-9-12(10(2)18-14-9)19(15,16)13-7-3-5-11-6-4-8-17-11/h4,6,8,13H,3,5,7H2,1-2H3. The van der Waals surface area contributed by atoms with Gasteiger partial charge < -0.3 is 8.94 Å². The summed E-state index contributed by atoms with van der Waals surface area (Å²) in [6.45, 7) is 3.53. The quantitative estimate of drug-likeness (QED) is 0.817. The van der Waals surface area contributed by atoms with E-state index in [4.69, 9.17) is 8.94 Å². The molecule has 2 heterocycles. The van der Waals surface area contributed by atoms with E-state index in [0.717, 1.165) is 5.76 Å². The minimum Gasteiger partial charge on any atom is -0.469 e. The molecule has 6 nitrogen and oxygen atoms in total. The van der Waals surface area contributed by atoms with Crippen molar-refractivity contribution in [3.8, 4) is 0 Å². The van der Waals surface area contributed by atoms with E-state index in [2.05, 4.69) is 9.88 Å². The molecule has 2 aromatic heterocycles. The van der Waals surface area contributed by atoms with Crippen molar-refractivity contribution in [3.63, 3.8) is 0 Å². The van der Waals surface area contributed by atoms with Crippen molar-refractivity contribution in [3.05, 3.63) is 35.6 Å². The number of nitrogens with zero attached hydrogens (tertiary/aromatic N) is 1. The SMILES string of the molecule is Cc1noc(C)c1S(=O)(=O)NCCCc1ccco1. The summed E-state index contributed by atoms with van der Waals surface area (Å²) in [6.07, 6.45) is 2.95. The lowest BCUT2D eigenvalue weighted by Gasteiger charge is -2.05. The summed E-state index contributed by atoms with van der Waals surface area (Å²) in [6, 6.07) is 3.67. The fourth-order valence-corrected chi connectivity index (χ4v) is 3.25. The molecule has 0 amide bonds. The Labute approximate surface area is 111 Å². The number of hydrogen-bond acceptors (Lipinski definition) is 5. The van der Waals surface area contributed by atoms with Crippen LogP contribution in [0.25, 0.3) is 0 Å². The van der Waals surface area contributed by atoms with Gasteiger partial charge in [0.1, 0.15) is 16.3 Å². The molecule has 0 aliphatic carbocycles. The van der Waals surface area contributed by atoms with Gasteiger partial charge in [-0.1, -0.05) is 5.16 Å². The van der Waals surface area contributed by atoms with Crippen LogP contribution in [0.15, 0.2) is 32.2 Å². The van der Waals surface area contributed by atoms with Crippen LogP contribution in [-0.2, 0) is 16.4 Å². The molecule has 0 radical (unpaired) electrons. The molecule has 0 saturated carbocycles. The number of hydrogen-bond donors (Lipinski definition) is 1. The third-order valence-corrected chi connectivity index (χ3v) is 4.41. The zero-order valence-electron chi connectivity index (χ0n) is 10.8. The molecule has 0 aromatic carbocycles. The molecular weight excluding hydrogens is 268 g/mol. The van der Waals surface area contributed by atoms with Gasteiger partial charge in [0, 0.05) is 13.0 Å². The monoisotopic (exact) mass is 284 g/mol. The van der Waals surface area contributed by atoms with E-state index < -0.39 is 10.0 Å². The number of aryl methyl sites for hydroxylation is 3. The fourth-order valence-electron chi connectivity index (χ4n) is 1.85. The summed E-state index contributed by atoms with van der Waals surface area (Å²) in [4.78, 5) is 0.130. The normalized spacial score (nSPS) is 11.9. The molecule has 0 aliphatic heterocycles. The summed E-state index contributed by atoms with van der Waals surface area (Å²) < 4.78 is 36.7. The van der Waals surface area contributed by atoms with Crippen LogP contribution in [-0.4, -0.2) is 20.1 Å². The lowest BCUT2D eigenvalue weighted by atomic mass is 10.2. The molecule has 1 N–H and O–H groups in total. The maximum Gasteiger partial charge on any atom is 0.245 e. The zero-order valence-corrected chi connectivity index (χ0v) is 11.7. The van der Waals surface area contributed by atoms with Gasteiger partial charge in [0.25, 0.3) is 0 Å². The molecule has 0 fully saturated rings. The average Bonchev–Trinajstić information content (AvgIpc) is 2.95. The molecule has 104 valence electrons. The van der Waals surface area contributed by atoms with E-state index in [9.17, 15) is 8.42 Å². The Balaban J connectivity index is 1.92. The van der Waals surface area contributed by atoms with E-state index >= 15 is 0 Å². The van der Waals surface area contributed by atoms with E-state index in [0.29, 0.717) is 30.8 Å². The third-order valence-electron chi connectivity index (χ3n) is 2.71. The lowest BCUT2D eigenvalue weighted by molar-refractivity contribution is 0.390. The highest BCUT2D eigenvalue weighted by Crippen LogP contribution is 2.18. The van der Waals surface area contributed by atoms with Crippen LogP contribution < -0.4 is 4.72 Å². The first-order chi connectivity index (χ1) is 9.00. The van der Waals surface area contributed by atoms with Gasteiger partial charge in [-0.3, -0.25) is 0 Å². The smallest absolute Gasteiger partial charge is 0.245 e. The molecule has 0 saturated heterocycles. The summed E-state index contributed by atoms with van der Waals surface area (Å²) >= 11 is 0. The predicted molar refractivity (Wildman–Crippen MR) is 68.2 cm³/mol. The highest BCUT2D eigenvalue weighted by molar-refractivity contribution is 7.89. The van der Waals surface area contributed by atoms with E-state index in [-0.39, 0.29) is 4.90 Å². The van der Waals surface area contributed by atoms with Crippen LogP contribution in [0.1, 0.15) is 23.6 Å². The predicted octanol–water partition coefficient (Wildman–Crippen LogP) is 1.80. The van der Waals surface area contributed by atoms with Crippen molar-refractivity contribution in [2.45, 2.75) is 31.6 Å². The number of rotatable bonds is 6. The minimum atomic E-state index is -3.56. The zero-order chi connectivity index (χ0) is 13.9. The first kappa shape index (κ1) is 13.8. The number of nitrogens with one attached hydrogen (secondary N) is 1. The molecule has 0 aliphatic rings. The molecule has 0 bridgehead atoms. The first-order valence-electron chi connectivity index (χ1n) is 5.95. The van der Waals surface area contributed by atoms with Gasteiger partial charge in [0.15, 0.2) is 5.76 Å². The van der Waals surface area contributed by atoms with Crippen molar-refractivity contribution in [1.82, 2.24) is 9.88 Å². The van der Waals surface area contributed by atoms with Crippen LogP contribution in [0.5, 0.6) is 0 Å². The van der Waals surface area contributed by atoms with Crippen molar-refractivity contribution in [1.29, 1.82) is 0 Å². The summed E-state index contributed by atoms with van der Waals surface area (Å²) in [5, 5.41) is 3.64. The van der Waals surface area contributed by atoms with Crippen molar-refractivity contribution in [2.24, 2.45) is 0 Å². The number of sulfonamides is 1. The summed E-state index contributed by atoms with van der Waals surface area (Å²) in [5.41, 5.74) is 0.371. The van der Waals surface area contributed by atoms with Gasteiger partial charge in [-0.2, -0.15) is 0 Å². The Morgan fingerprint density at radius 2 is 2.16 bits per heavy atom. The van der Waals surface area contributed by atoms with Crippen molar-refractivity contribution >= 4 is 10.0 Å². The maximum absolute atomic E-state index is 12.1. The highest BCUT2D eigenvalue weighted by Gasteiger charge is 2.23. The van der Waals surface area contributed by atoms with Crippen LogP contribution in [0.4, 0.5) is 0 Å². The van der Waals surface area contributed by atoms with Gasteiger partial charge in [-0.15, -0.1) is 0 Å². The second-order valence-corrected chi connectivity index (χ2v) is 5.94. The Hall–Kier alpha value is -1.60. The highest BCUT2D eigenvalue weighted by atomic mass is 32.2. The van der Waals surface area contributed by atoms with Crippen LogP contribution in [0.2, 0.25) is 0 Å². The van der Waals surface area contributed by atoms with Crippen LogP contribution >= 0.6 is 0 Å². The van der Waals surface area contributed by atoms with E-state index in [1.807, 2.05) is 12.1 Å². The summed E-state index contributed by atoms with van der Waals surface area (Å²) in [5.74, 6) is 1.15. The largest absolute Gasteiger partial charge is 0.469 e. The molecule has 7 heteroatoms. The Kier molecular flexibility index (Phi) is 4.06. The Morgan fingerprint density at radius 3 is 2.74 bits per heavy atom. The second-order valence-electron chi connectivity index (χ2n) is 4.23. The fraction of sp³-hybridized carbons (Fsp3) is 0.417. The topological polar surface area (TPSA) is 85.3 Å². The minimum absolute atomic E-state index is 0.130. The Morgan fingerprint density at radius 1 is 1.37 bits per heavy atom. The van der Waals surface area contributed by atoms with Gasteiger partial charge in [-0.05, 0) is 32.4 Å². The summed E-state index contributed by atoms with van der Waals surface area (Å²) in [7, 11) is -3.56. The maximum atomic E-state index is 12.1. The molecule has 2 aromatic rings. The van der Waals surface area contributed by atoms with Crippen molar-refractivity contribution in [2.75, 3.05) is 6.54 Å². The molecular formula is C12H16N2O4S. The van der Waals surface area contributed by atoms with E-state index in [1.54, 1.807) is 20.1 Å². The van der Waals surface area contributed by atoms with Crippen LogP contribution in [0.3, 0.4) is 0 Å². The third kappa shape index (κ3) is 3.24. The second kappa shape index (κ2) is 5.58. The molecule has 0 unspecified atom stereocenters. The number of aromatic nitrogens is 1. The molecule has 19 heavy (non-hydrogen) atoms. The first-order valence-corrected chi connectivity index (χ1v) is 7.44. The van der Waals surface area contributed by atoms with Gasteiger partial charge in [-0.25, -0.2) is 13.1 Å². The Bertz CT molecular complexity index is 609. The number of furan rings is 1. The van der Waals surface area contributed by atoms with E-state index in [1.165, 1.54) is 0 Å². The molecule has 0 atom stereocenters.